The molecule has 1 aromatic heterocycles. The van der Waals surface area contributed by atoms with Crippen molar-refractivity contribution in [2.45, 2.75) is 11.7 Å². The van der Waals surface area contributed by atoms with Gasteiger partial charge in [-0.15, -0.1) is 10.2 Å². The molecule has 4 rings (SSSR count). The van der Waals surface area contributed by atoms with Gasteiger partial charge in [-0.2, -0.15) is 0 Å². The molecule has 1 aliphatic rings. The number of thioether (sulfide) groups is 1. The number of halogens is 1. The second kappa shape index (κ2) is 10.9. The second-order valence-electron chi connectivity index (χ2n) is 7.10. The first-order valence-electron chi connectivity index (χ1n) is 10.2. The summed E-state index contributed by atoms with van der Waals surface area (Å²) in [6.45, 7) is 5.15. The third-order valence-electron chi connectivity index (χ3n) is 5.07. The van der Waals surface area contributed by atoms with Crippen LogP contribution in [-0.2, 0) is 11.3 Å². The van der Waals surface area contributed by atoms with Crippen LogP contribution >= 0.6 is 23.4 Å². The number of ether oxygens (including phenoxy) is 2. The molecule has 0 aliphatic carbocycles. The molecular weight excluding hydrogens is 434 g/mol. The molecule has 1 N–H and O–H groups in total. The van der Waals surface area contributed by atoms with Gasteiger partial charge in [0.05, 0.1) is 26.9 Å². The molecule has 164 valence electrons. The number of benzene rings is 2. The van der Waals surface area contributed by atoms with Crippen LogP contribution in [0.25, 0.3) is 5.69 Å². The molecule has 0 spiro atoms. The number of anilines is 1. The Labute approximate surface area is 191 Å². The Morgan fingerprint density at radius 1 is 1.06 bits per heavy atom. The van der Waals surface area contributed by atoms with Crippen LogP contribution in [0.2, 0.25) is 5.02 Å². The van der Waals surface area contributed by atoms with Crippen molar-refractivity contribution in [1.82, 2.24) is 19.7 Å². The highest BCUT2D eigenvalue weighted by molar-refractivity contribution is 7.99. The van der Waals surface area contributed by atoms with Crippen LogP contribution in [0.4, 0.5) is 5.69 Å². The summed E-state index contributed by atoms with van der Waals surface area (Å²) in [6, 6.07) is 15.6. The molecule has 9 heteroatoms. The van der Waals surface area contributed by atoms with Crippen molar-refractivity contribution in [2.75, 3.05) is 51.0 Å². The average molecular weight is 460 g/mol. The molecule has 2 heterocycles. The molecule has 0 bridgehead atoms. The fourth-order valence-electron chi connectivity index (χ4n) is 3.34. The highest BCUT2D eigenvalue weighted by atomic mass is 35.5. The molecule has 1 aliphatic heterocycles. The number of nitrogens with one attached hydrogen (secondary N) is 1. The SMILES string of the molecule is COc1ccc(-n2c(CNc3ccc(Cl)cc3)nnc2SCCN2CCOCC2)cc1. The lowest BCUT2D eigenvalue weighted by atomic mass is 10.3. The van der Waals surface area contributed by atoms with Gasteiger partial charge in [-0.1, -0.05) is 23.4 Å². The molecule has 1 fully saturated rings. The maximum absolute atomic E-state index is 5.99. The molecule has 1 saturated heterocycles. The standard InChI is InChI=1S/C22H26ClN5O2S/c1-29-20-8-6-19(7-9-20)28-21(16-24-18-4-2-17(23)3-5-18)25-26-22(28)31-15-12-27-10-13-30-14-11-27/h2-9,24H,10-16H2,1H3. The van der Waals surface area contributed by atoms with E-state index < -0.39 is 0 Å². The van der Waals surface area contributed by atoms with Crippen molar-refractivity contribution >= 4 is 29.1 Å². The number of hydrogen-bond donors (Lipinski definition) is 1. The minimum absolute atomic E-state index is 0.546. The van der Waals surface area contributed by atoms with Crippen LogP contribution in [0.5, 0.6) is 5.75 Å². The van der Waals surface area contributed by atoms with Crippen molar-refractivity contribution in [3.63, 3.8) is 0 Å². The maximum atomic E-state index is 5.99. The van der Waals surface area contributed by atoms with Crippen LogP contribution in [0.3, 0.4) is 0 Å². The fraction of sp³-hybridized carbons (Fsp3) is 0.364. The van der Waals surface area contributed by atoms with E-state index in [4.69, 9.17) is 21.1 Å². The summed E-state index contributed by atoms with van der Waals surface area (Å²) in [5, 5.41) is 14.0. The van der Waals surface area contributed by atoms with E-state index in [9.17, 15) is 0 Å². The van der Waals surface area contributed by atoms with Crippen molar-refractivity contribution < 1.29 is 9.47 Å². The molecule has 0 atom stereocenters. The summed E-state index contributed by atoms with van der Waals surface area (Å²) >= 11 is 7.71. The van der Waals surface area contributed by atoms with E-state index in [0.717, 1.165) is 66.7 Å². The average Bonchev–Trinajstić information content (AvgIpc) is 3.22. The minimum Gasteiger partial charge on any atom is -0.497 e. The zero-order valence-corrected chi connectivity index (χ0v) is 19.0. The highest BCUT2D eigenvalue weighted by Gasteiger charge is 2.16. The number of aromatic nitrogens is 3. The largest absolute Gasteiger partial charge is 0.497 e. The summed E-state index contributed by atoms with van der Waals surface area (Å²) in [7, 11) is 1.67. The van der Waals surface area contributed by atoms with Crippen LogP contribution < -0.4 is 10.1 Å². The van der Waals surface area contributed by atoms with Crippen molar-refractivity contribution in [2.24, 2.45) is 0 Å². The van der Waals surface area contributed by atoms with Gasteiger partial charge in [0.15, 0.2) is 11.0 Å². The number of rotatable bonds is 9. The quantitative estimate of drug-likeness (QED) is 0.486. The predicted octanol–water partition coefficient (Wildman–Crippen LogP) is 3.97. The Hall–Kier alpha value is -2.26. The van der Waals surface area contributed by atoms with Crippen LogP contribution in [0, 0.1) is 0 Å². The summed E-state index contributed by atoms with van der Waals surface area (Å²) in [5.74, 6) is 2.60. The van der Waals surface area contributed by atoms with Crippen molar-refractivity contribution in [3.05, 3.63) is 59.4 Å². The molecule has 0 unspecified atom stereocenters. The van der Waals surface area contributed by atoms with E-state index >= 15 is 0 Å². The van der Waals surface area contributed by atoms with E-state index in [-0.39, 0.29) is 0 Å². The molecule has 31 heavy (non-hydrogen) atoms. The highest BCUT2D eigenvalue weighted by Crippen LogP contribution is 2.25. The van der Waals surface area contributed by atoms with Crippen LogP contribution in [-0.4, -0.2) is 65.4 Å². The third-order valence-corrected chi connectivity index (χ3v) is 6.23. The number of hydrogen-bond acceptors (Lipinski definition) is 7. The first-order valence-corrected chi connectivity index (χ1v) is 11.6. The maximum Gasteiger partial charge on any atom is 0.195 e. The number of nitrogens with zero attached hydrogens (tertiary/aromatic N) is 4. The van der Waals surface area contributed by atoms with Gasteiger partial charge in [0.25, 0.3) is 0 Å². The topological polar surface area (TPSA) is 64.4 Å². The van der Waals surface area contributed by atoms with Gasteiger partial charge in [0, 0.05) is 41.8 Å². The lowest BCUT2D eigenvalue weighted by Gasteiger charge is -2.26. The molecular formula is C22H26ClN5O2S. The van der Waals surface area contributed by atoms with E-state index in [1.807, 2.05) is 48.5 Å². The van der Waals surface area contributed by atoms with Gasteiger partial charge in [-0.25, -0.2) is 0 Å². The fourth-order valence-corrected chi connectivity index (χ4v) is 4.44. The first kappa shape index (κ1) is 22.0. The van der Waals surface area contributed by atoms with Crippen LogP contribution in [0.15, 0.2) is 53.7 Å². The van der Waals surface area contributed by atoms with E-state index in [2.05, 4.69) is 25.0 Å². The zero-order chi connectivity index (χ0) is 21.5. The van der Waals surface area contributed by atoms with Crippen molar-refractivity contribution in [1.29, 1.82) is 0 Å². The summed E-state index contributed by atoms with van der Waals surface area (Å²) in [5.41, 5.74) is 1.99. The summed E-state index contributed by atoms with van der Waals surface area (Å²) in [6.07, 6.45) is 0. The lowest BCUT2D eigenvalue weighted by Crippen LogP contribution is -2.37. The number of methoxy groups -OCH3 is 1. The Bertz CT molecular complexity index is 959. The number of morpholine rings is 1. The first-order chi connectivity index (χ1) is 15.2. The molecule has 0 radical (unpaired) electrons. The Balaban J connectivity index is 1.49. The molecule has 3 aromatic rings. The summed E-state index contributed by atoms with van der Waals surface area (Å²) < 4.78 is 12.8. The van der Waals surface area contributed by atoms with Crippen molar-refractivity contribution in [3.8, 4) is 11.4 Å². The van der Waals surface area contributed by atoms with Gasteiger partial charge in [0.2, 0.25) is 0 Å². The molecule has 2 aromatic carbocycles. The molecule has 0 saturated carbocycles. The van der Waals surface area contributed by atoms with E-state index in [0.29, 0.717) is 11.6 Å². The smallest absolute Gasteiger partial charge is 0.195 e. The third kappa shape index (κ3) is 5.92. The van der Waals surface area contributed by atoms with Crippen LogP contribution in [0.1, 0.15) is 5.82 Å². The van der Waals surface area contributed by atoms with Gasteiger partial charge in [-0.05, 0) is 48.5 Å². The van der Waals surface area contributed by atoms with E-state index in [1.54, 1.807) is 18.9 Å². The molecule has 0 amide bonds. The zero-order valence-electron chi connectivity index (χ0n) is 17.5. The normalized spacial score (nSPS) is 14.5. The monoisotopic (exact) mass is 459 g/mol. The Kier molecular flexibility index (Phi) is 7.69. The summed E-state index contributed by atoms with van der Waals surface area (Å²) in [4.78, 5) is 2.42. The van der Waals surface area contributed by atoms with E-state index in [1.165, 1.54) is 0 Å². The second-order valence-corrected chi connectivity index (χ2v) is 8.59. The molecule has 7 nitrogen and oxygen atoms in total. The Morgan fingerprint density at radius 3 is 2.52 bits per heavy atom. The predicted molar refractivity (Wildman–Crippen MR) is 125 cm³/mol. The van der Waals surface area contributed by atoms with Gasteiger partial charge < -0.3 is 14.8 Å². The Morgan fingerprint density at radius 2 is 1.81 bits per heavy atom. The van der Waals surface area contributed by atoms with Gasteiger partial charge in [-0.3, -0.25) is 9.47 Å². The minimum atomic E-state index is 0.546. The van der Waals surface area contributed by atoms with Gasteiger partial charge >= 0.3 is 0 Å². The van der Waals surface area contributed by atoms with Gasteiger partial charge in [0.1, 0.15) is 5.75 Å². The lowest BCUT2D eigenvalue weighted by molar-refractivity contribution is 0.0410.